The minimum atomic E-state index is -0.233. The highest BCUT2D eigenvalue weighted by atomic mass is 16.5. The predicted molar refractivity (Wildman–Crippen MR) is 140 cm³/mol. The van der Waals surface area contributed by atoms with Gasteiger partial charge in [0.25, 0.3) is 0 Å². The largest absolute Gasteiger partial charge is 0.424 e. The third-order valence-corrected chi connectivity index (χ3v) is 7.00. The number of esters is 1. The standard InChI is InChI=1S/C28H35N5O3/c1-3-5-13-23-30-27-26(28-29-20-11-7-8-12-21(20)33(23)28)22(36-25(35)15-6-4-2)19-32(27)18-10-17-31-16-9-14-24(31)34/h7-8,11-12,19H,3-6,9-10,13-18H2,1-2H3. The molecular formula is C28H35N5O3. The molecule has 1 saturated heterocycles. The average Bonchev–Trinajstić information content (AvgIpc) is 3.56. The van der Waals surface area contributed by atoms with Crippen LogP contribution in [-0.2, 0) is 22.6 Å². The lowest BCUT2D eigenvalue weighted by Gasteiger charge is -2.15. The summed E-state index contributed by atoms with van der Waals surface area (Å²) in [5.41, 5.74) is 3.47. The number of hydrogen-bond donors (Lipinski definition) is 0. The number of carbonyl (C=O) groups excluding carboxylic acids is 2. The molecular weight excluding hydrogens is 454 g/mol. The Morgan fingerprint density at radius 1 is 1.03 bits per heavy atom. The lowest BCUT2D eigenvalue weighted by molar-refractivity contribution is -0.134. The zero-order chi connectivity index (χ0) is 25.1. The monoisotopic (exact) mass is 489 g/mol. The van der Waals surface area contributed by atoms with Crippen molar-refractivity contribution in [1.82, 2.24) is 23.8 Å². The molecule has 0 N–H and O–H groups in total. The van der Waals surface area contributed by atoms with Crippen LogP contribution in [0.4, 0.5) is 0 Å². The van der Waals surface area contributed by atoms with E-state index in [1.54, 1.807) is 0 Å². The van der Waals surface area contributed by atoms with E-state index >= 15 is 0 Å². The second-order valence-corrected chi connectivity index (χ2v) is 9.69. The topological polar surface area (TPSA) is 81.7 Å². The maximum atomic E-state index is 12.6. The summed E-state index contributed by atoms with van der Waals surface area (Å²) in [7, 11) is 0. The van der Waals surface area contributed by atoms with Gasteiger partial charge in [-0.25, -0.2) is 9.97 Å². The number of hydrogen-bond acceptors (Lipinski definition) is 5. The summed E-state index contributed by atoms with van der Waals surface area (Å²) >= 11 is 0. The molecule has 1 aliphatic heterocycles. The van der Waals surface area contributed by atoms with Crippen LogP contribution in [-0.4, -0.2) is 48.8 Å². The van der Waals surface area contributed by atoms with Crippen LogP contribution in [0.1, 0.15) is 71.0 Å². The van der Waals surface area contributed by atoms with Gasteiger partial charge < -0.3 is 14.2 Å². The van der Waals surface area contributed by atoms with E-state index in [-0.39, 0.29) is 11.9 Å². The van der Waals surface area contributed by atoms with Crippen molar-refractivity contribution in [2.45, 2.75) is 78.2 Å². The van der Waals surface area contributed by atoms with Crippen LogP contribution in [0, 0.1) is 0 Å². The molecule has 0 saturated carbocycles. The van der Waals surface area contributed by atoms with Crippen LogP contribution in [0.5, 0.6) is 5.75 Å². The minimum Gasteiger partial charge on any atom is -0.424 e. The number of fused-ring (bicyclic) bond motifs is 5. The molecule has 0 radical (unpaired) electrons. The number of likely N-dealkylation sites (tertiary alicyclic amines) is 1. The van der Waals surface area contributed by atoms with Gasteiger partial charge in [0.05, 0.1) is 11.0 Å². The second-order valence-electron chi connectivity index (χ2n) is 9.69. The zero-order valence-corrected chi connectivity index (χ0v) is 21.3. The van der Waals surface area contributed by atoms with Crippen LogP contribution in [0.2, 0.25) is 0 Å². The van der Waals surface area contributed by atoms with Gasteiger partial charge in [-0.15, -0.1) is 0 Å². The lowest BCUT2D eigenvalue weighted by atomic mass is 10.2. The molecule has 0 aliphatic carbocycles. The van der Waals surface area contributed by atoms with Gasteiger partial charge in [-0.05, 0) is 37.8 Å². The van der Waals surface area contributed by atoms with E-state index in [1.165, 1.54) is 0 Å². The number of benzene rings is 1. The Labute approximate surface area is 211 Å². The Balaban J connectivity index is 1.60. The Kier molecular flexibility index (Phi) is 7.20. The number of unbranched alkanes of at least 4 members (excludes halogenated alkanes) is 2. The number of ether oxygens (including phenoxy) is 1. The highest BCUT2D eigenvalue weighted by Crippen LogP contribution is 2.34. The van der Waals surface area contributed by atoms with Crippen molar-refractivity contribution in [3.63, 3.8) is 0 Å². The van der Waals surface area contributed by atoms with Gasteiger partial charge in [0.1, 0.15) is 16.9 Å². The molecule has 8 heteroatoms. The van der Waals surface area contributed by atoms with Gasteiger partial charge in [-0.2, -0.15) is 0 Å². The van der Waals surface area contributed by atoms with E-state index in [2.05, 4.69) is 28.9 Å². The van der Waals surface area contributed by atoms with Gasteiger partial charge in [0, 0.05) is 45.1 Å². The fourth-order valence-electron chi connectivity index (χ4n) is 5.10. The maximum absolute atomic E-state index is 12.6. The number of aromatic nitrogens is 4. The summed E-state index contributed by atoms with van der Waals surface area (Å²) in [4.78, 5) is 36.7. The fourth-order valence-corrected chi connectivity index (χ4v) is 5.10. The Bertz CT molecular complexity index is 1400. The van der Waals surface area contributed by atoms with Crippen LogP contribution < -0.4 is 4.74 Å². The first-order valence-electron chi connectivity index (χ1n) is 13.4. The second kappa shape index (κ2) is 10.7. The van der Waals surface area contributed by atoms with Crippen LogP contribution in [0.25, 0.3) is 27.7 Å². The van der Waals surface area contributed by atoms with Crippen molar-refractivity contribution in [2.75, 3.05) is 13.1 Å². The minimum absolute atomic E-state index is 0.233. The molecule has 190 valence electrons. The summed E-state index contributed by atoms with van der Waals surface area (Å²) in [6, 6.07) is 8.08. The molecule has 3 aromatic heterocycles. The molecule has 1 amide bonds. The predicted octanol–water partition coefficient (Wildman–Crippen LogP) is 5.29. The number of carbonyl (C=O) groups is 2. The number of para-hydroxylation sites is 2. The van der Waals surface area contributed by atoms with Crippen molar-refractivity contribution < 1.29 is 14.3 Å². The van der Waals surface area contributed by atoms with Gasteiger partial charge in [0.2, 0.25) is 5.91 Å². The van der Waals surface area contributed by atoms with E-state index in [1.807, 2.05) is 29.3 Å². The van der Waals surface area contributed by atoms with Gasteiger partial charge >= 0.3 is 5.97 Å². The van der Waals surface area contributed by atoms with Crippen molar-refractivity contribution in [3.8, 4) is 5.75 Å². The van der Waals surface area contributed by atoms with Crippen molar-refractivity contribution >= 4 is 39.6 Å². The van der Waals surface area contributed by atoms with E-state index in [4.69, 9.17) is 14.7 Å². The number of aryl methyl sites for hydroxylation is 2. The highest BCUT2D eigenvalue weighted by molar-refractivity contribution is 6.01. The summed E-state index contributed by atoms with van der Waals surface area (Å²) < 4.78 is 10.1. The number of nitrogens with zero attached hydrogens (tertiary/aromatic N) is 5. The van der Waals surface area contributed by atoms with E-state index in [0.29, 0.717) is 25.1 Å². The molecule has 4 heterocycles. The van der Waals surface area contributed by atoms with Crippen molar-refractivity contribution in [1.29, 1.82) is 0 Å². The first-order chi connectivity index (χ1) is 17.6. The lowest BCUT2D eigenvalue weighted by Crippen LogP contribution is -2.26. The fraction of sp³-hybridized carbons (Fsp3) is 0.500. The molecule has 0 bridgehead atoms. The van der Waals surface area contributed by atoms with Gasteiger partial charge in [-0.1, -0.05) is 38.8 Å². The summed E-state index contributed by atoms with van der Waals surface area (Å²) in [6.07, 6.45) is 9.35. The quantitative estimate of drug-likeness (QED) is 0.268. The molecule has 36 heavy (non-hydrogen) atoms. The first-order valence-corrected chi connectivity index (χ1v) is 13.4. The van der Waals surface area contributed by atoms with Crippen molar-refractivity contribution in [3.05, 3.63) is 36.3 Å². The zero-order valence-electron chi connectivity index (χ0n) is 21.3. The Morgan fingerprint density at radius 3 is 2.64 bits per heavy atom. The SMILES string of the molecule is CCCCC(=O)Oc1cn(CCCN2CCCC2=O)c2nc(CCCC)n3c4ccccc4nc3c12. The molecule has 0 spiro atoms. The number of rotatable bonds is 11. The molecule has 1 aliphatic rings. The smallest absolute Gasteiger partial charge is 0.311 e. The Morgan fingerprint density at radius 2 is 1.86 bits per heavy atom. The van der Waals surface area contributed by atoms with Crippen LogP contribution in [0.3, 0.4) is 0 Å². The van der Waals surface area contributed by atoms with E-state index < -0.39 is 0 Å². The molecule has 4 aromatic rings. The molecule has 1 fully saturated rings. The highest BCUT2D eigenvalue weighted by Gasteiger charge is 2.23. The van der Waals surface area contributed by atoms with Gasteiger partial charge in [-0.3, -0.25) is 14.0 Å². The summed E-state index contributed by atoms with van der Waals surface area (Å²) in [5, 5.41) is 0.772. The first kappa shape index (κ1) is 24.3. The third kappa shape index (κ3) is 4.68. The molecule has 0 unspecified atom stereocenters. The molecule has 0 atom stereocenters. The molecule has 1 aromatic carbocycles. The normalized spacial score (nSPS) is 14.1. The third-order valence-electron chi connectivity index (χ3n) is 7.00. The number of amides is 1. The van der Waals surface area contributed by atoms with Gasteiger partial charge in [0.15, 0.2) is 11.4 Å². The molecule has 8 nitrogen and oxygen atoms in total. The van der Waals surface area contributed by atoms with E-state index in [9.17, 15) is 9.59 Å². The van der Waals surface area contributed by atoms with Crippen LogP contribution in [0.15, 0.2) is 30.5 Å². The van der Waals surface area contributed by atoms with Crippen LogP contribution >= 0.6 is 0 Å². The summed E-state index contributed by atoms with van der Waals surface area (Å²) in [6.45, 7) is 6.49. The maximum Gasteiger partial charge on any atom is 0.311 e. The number of imidazole rings is 1. The van der Waals surface area contributed by atoms with Crippen molar-refractivity contribution in [2.24, 2.45) is 0 Å². The Hall–Kier alpha value is -3.42. The van der Waals surface area contributed by atoms with E-state index in [0.717, 1.165) is 91.6 Å². The summed E-state index contributed by atoms with van der Waals surface area (Å²) in [5.74, 6) is 1.48. The average molecular weight is 490 g/mol. The molecule has 5 rings (SSSR count).